The summed E-state index contributed by atoms with van der Waals surface area (Å²) in [6, 6.07) is 0. The average molecular weight is 301 g/mol. The first-order valence-corrected chi connectivity index (χ1v) is 6.80. The van der Waals surface area contributed by atoms with Gasteiger partial charge in [-0.05, 0) is 26.7 Å². The topological polar surface area (TPSA) is 98.1 Å². The molecule has 0 fully saturated rings. The van der Waals surface area contributed by atoms with E-state index >= 15 is 0 Å². The van der Waals surface area contributed by atoms with Gasteiger partial charge in [-0.2, -0.15) is 0 Å². The van der Waals surface area contributed by atoms with Crippen LogP contribution in [0.4, 0.5) is 0 Å². The molecule has 0 aromatic heterocycles. The minimum atomic E-state index is -0.927. The molecule has 0 aliphatic rings. The van der Waals surface area contributed by atoms with E-state index in [1.165, 1.54) is 13.0 Å². The highest BCUT2D eigenvalue weighted by atomic mass is 16.4. The largest absolute Gasteiger partial charge is 0.478 e. The van der Waals surface area contributed by atoms with Crippen molar-refractivity contribution in [3.63, 3.8) is 0 Å². The maximum Gasteiger partial charge on any atom is 0.333 e. The smallest absolute Gasteiger partial charge is 0.333 e. The number of rotatable bonds is 7. The Kier molecular flexibility index (Phi) is 12.2. The summed E-state index contributed by atoms with van der Waals surface area (Å²) in [5.41, 5.74) is 1.64. The van der Waals surface area contributed by atoms with Gasteiger partial charge in [-0.25, -0.2) is 9.59 Å². The van der Waals surface area contributed by atoms with Crippen LogP contribution in [0, 0.1) is 0 Å². The molecule has 0 saturated heterocycles. The first kappa shape index (κ1) is 21.5. The van der Waals surface area contributed by atoms with E-state index in [9.17, 15) is 9.59 Å². The van der Waals surface area contributed by atoms with E-state index in [0.29, 0.717) is 12.0 Å². The van der Waals surface area contributed by atoms with E-state index in [1.54, 1.807) is 6.92 Å². The molecular formula is C15H27NO5. The third-order valence-electron chi connectivity index (χ3n) is 2.70. The lowest BCUT2D eigenvalue weighted by molar-refractivity contribution is -0.133. The van der Waals surface area contributed by atoms with Crippen LogP contribution in [0.1, 0.15) is 40.0 Å². The predicted molar refractivity (Wildman–Crippen MR) is 82.0 cm³/mol. The average Bonchev–Trinajstić information content (AvgIpc) is 2.41. The molecule has 0 aliphatic heterocycles. The fourth-order valence-electron chi connectivity index (χ4n) is 1.48. The fraction of sp³-hybridized carbons (Fsp3) is 0.600. The molecule has 0 heterocycles. The van der Waals surface area contributed by atoms with Crippen molar-refractivity contribution in [1.29, 1.82) is 0 Å². The van der Waals surface area contributed by atoms with E-state index < -0.39 is 11.9 Å². The van der Waals surface area contributed by atoms with Crippen LogP contribution in [-0.4, -0.2) is 52.9 Å². The van der Waals surface area contributed by atoms with E-state index in [-0.39, 0.29) is 12.2 Å². The molecule has 122 valence electrons. The highest BCUT2D eigenvalue weighted by molar-refractivity contribution is 5.86. The monoisotopic (exact) mass is 301 g/mol. The lowest BCUT2D eigenvalue weighted by Crippen LogP contribution is -2.16. The zero-order valence-electron chi connectivity index (χ0n) is 13.5. The summed E-state index contributed by atoms with van der Waals surface area (Å²) in [6.07, 6.45) is 3.70. The van der Waals surface area contributed by atoms with Crippen LogP contribution in [0.5, 0.6) is 0 Å². The summed E-state index contributed by atoms with van der Waals surface area (Å²) in [5.74, 6) is -1.75. The van der Waals surface area contributed by atoms with E-state index in [1.807, 2.05) is 25.9 Å². The number of carbonyl (C=O) groups is 2. The van der Waals surface area contributed by atoms with Crippen molar-refractivity contribution in [3.05, 3.63) is 22.9 Å². The summed E-state index contributed by atoms with van der Waals surface area (Å²) >= 11 is 0. The standard InChI is InChI=1S/C9H17NO2.C6H10O3/c1-5-6-8(10(3)4)7(2)9(11)12;1-5(6(8)9)3-2-4-7/h5-6H2,1-4H3,(H,11,12);3,7H,2,4H2,1H3,(H,8,9). The van der Waals surface area contributed by atoms with Gasteiger partial charge in [-0.1, -0.05) is 19.4 Å². The van der Waals surface area contributed by atoms with Crippen molar-refractivity contribution in [2.75, 3.05) is 20.7 Å². The molecule has 0 radical (unpaired) electrons. The Morgan fingerprint density at radius 2 is 1.62 bits per heavy atom. The van der Waals surface area contributed by atoms with Crippen LogP contribution in [0.25, 0.3) is 0 Å². The van der Waals surface area contributed by atoms with Crippen molar-refractivity contribution < 1.29 is 24.9 Å². The minimum absolute atomic E-state index is 0.00458. The number of carboxylic acids is 2. The third kappa shape index (κ3) is 10.6. The van der Waals surface area contributed by atoms with E-state index in [2.05, 4.69) is 0 Å². The number of aliphatic hydroxyl groups is 1. The van der Waals surface area contributed by atoms with Crippen molar-refractivity contribution in [1.82, 2.24) is 4.90 Å². The Hall–Kier alpha value is -1.82. The molecule has 21 heavy (non-hydrogen) atoms. The van der Waals surface area contributed by atoms with Gasteiger partial charge in [0.1, 0.15) is 0 Å². The molecule has 0 bridgehead atoms. The lowest BCUT2D eigenvalue weighted by atomic mass is 10.1. The van der Waals surface area contributed by atoms with Crippen LogP contribution >= 0.6 is 0 Å². The first-order chi connectivity index (χ1) is 9.68. The molecule has 0 spiro atoms. The molecule has 0 rings (SSSR count). The lowest BCUT2D eigenvalue weighted by Gasteiger charge is -2.18. The van der Waals surface area contributed by atoms with E-state index in [4.69, 9.17) is 15.3 Å². The zero-order valence-corrected chi connectivity index (χ0v) is 13.5. The summed E-state index contributed by atoms with van der Waals surface area (Å²) < 4.78 is 0. The quantitative estimate of drug-likeness (QED) is 0.623. The van der Waals surface area contributed by atoms with E-state index in [0.717, 1.165) is 18.5 Å². The molecule has 0 atom stereocenters. The highest BCUT2D eigenvalue weighted by Gasteiger charge is 2.09. The Labute approximate surface area is 126 Å². The third-order valence-corrected chi connectivity index (χ3v) is 2.70. The molecule has 3 N–H and O–H groups in total. The van der Waals surface area contributed by atoms with Gasteiger partial charge in [0.15, 0.2) is 0 Å². The molecular weight excluding hydrogens is 274 g/mol. The number of aliphatic hydroxyl groups excluding tert-OH is 1. The molecule has 0 unspecified atom stereocenters. The summed E-state index contributed by atoms with van der Waals surface area (Å²) in [7, 11) is 3.74. The van der Waals surface area contributed by atoms with Crippen LogP contribution in [0.3, 0.4) is 0 Å². The molecule has 0 aromatic carbocycles. The normalized spacial score (nSPS) is 12.0. The van der Waals surface area contributed by atoms with Gasteiger partial charge in [0.25, 0.3) is 0 Å². The van der Waals surface area contributed by atoms with Gasteiger partial charge in [0, 0.05) is 32.0 Å². The predicted octanol–water partition coefficient (Wildman–Crippen LogP) is 2.11. The van der Waals surface area contributed by atoms with Crippen molar-refractivity contribution in [2.45, 2.75) is 40.0 Å². The second kappa shape index (κ2) is 12.0. The SMILES string of the molecule is CC(=CCCO)C(=O)O.CCCC(=C(C)C(=O)O)N(C)C. The number of allylic oxidation sites excluding steroid dienone is 1. The van der Waals surface area contributed by atoms with Crippen LogP contribution in [0.15, 0.2) is 22.9 Å². The van der Waals surface area contributed by atoms with Gasteiger partial charge in [0.05, 0.1) is 5.57 Å². The van der Waals surface area contributed by atoms with Gasteiger partial charge < -0.3 is 20.2 Å². The highest BCUT2D eigenvalue weighted by Crippen LogP contribution is 2.13. The van der Waals surface area contributed by atoms with Crippen LogP contribution < -0.4 is 0 Å². The van der Waals surface area contributed by atoms with Crippen LogP contribution in [0.2, 0.25) is 0 Å². The number of aliphatic carboxylic acids is 2. The van der Waals surface area contributed by atoms with Gasteiger partial charge in [-0.15, -0.1) is 0 Å². The van der Waals surface area contributed by atoms with Crippen LogP contribution in [-0.2, 0) is 9.59 Å². The summed E-state index contributed by atoms with van der Waals surface area (Å²) in [4.78, 5) is 22.6. The summed E-state index contributed by atoms with van der Waals surface area (Å²) in [6.45, 7) is 5.19. The number of hydrogen-bond acceptors (Lipinski definition) is 4. The number of hydrogen-bond donors (Lipinski definition) is 3. The molecule has 0 aromatic rings. The molecule has 6 heteroatoms. The zero-order chi connectivity index (χ0) is 17.0. The number of nitrogens with zero attached hydrogens (tertiary/aromatic N) is 1. The Balaban J connectivity index is 0. The molecule has 0 amide bonds. The Bertz CT molecular complexity index is 397. The second-order valence-corrected chi connectivity index (χ2v) is 4.73. The van der Waals surface area contributed by atoms with Crippen molar-refractivity contribution in [3.8, 4) is 0 Å². The molecule has 0 aliphatic carbocycles. The second-order valence-electron chi connectivity index (χ2n) is 4.73. The Morgan fingerprint density at radius 3 is 1.90 bits per heavy atom. The number of carboxylic acid groups (broad SMARTS) is 2. The Morgan fingerprint density at radius 1 is 1.10 bits per heavy atom. The summed E-state index contributed by atoms with van der Waals surface area (Å²) in [5, 5.41) is 25.3. The van der Waals surface area contributed by atoms with Gasteiger partial charge in [0.2, 0.25) is 0 Å². The molecule has 0 saturated carbocycles. The maximum atomic E-state index is 10.6. The van der Waals surface area contributed by atoms with Crippen molar-refractivity contribution in [2.24, 2.45) is 0 Å². The minimum Gasteiger partial charge on any atom is -0.478 e. The van der Waals surface area contributed by atoms with Gasteiger partial charge in [-0.3, -0.25) is 0 Å². The fourth-order valence-corrected chi connectivity index (χ4v) is 1.48. The van der Waals surface area contributed by atoms with Crippen molar-refractivity contribution >= 4 is 11.9 Å². The molecule has 6 nitrogen and oxygen atoms in total. The maximum absolute atomic E-state index is 10.6. The van der Waals surface area contributed by atoms with Gasteiger partial charge >= 0.3 is 11.9 Å². The first-order valence-electron chi connectivity index (χ1n) is 6.80.